The highest BCUT2D eigenvalue weighted by molar-refractivity contribution is 5.99. The van der Waals surface area contributed by atoms with Crippen LogP contribution in [0, 0.1) is 0 Å². The summed E-state index contributed by atoms with van der Waals surface area (Å²) in [6.07, 6.45) is 1.66. The van der Waals surface area contributed by atoms with E-state index in [0.29, 0.717) is 13.2 Å². The van der Waals surface area contributed by atoms with Crippen LogP contribution in [-0.2, 0) is 4.74 Å². The van der Waals surface area contributed by atoms with Crippen LogP contribution in [0.4, 0.5) is 16.2 Å². The summed E-state index contributed by atoms with van der Waals surface area (Å²) in [6, 6.07) is 19.3. The van der Waals surface area contributed by atoms with Crippen molar-refractivity contribution in [3.8, 4) is 0 Å². The summed E-state index contributed by atoms with van der Waals surface area (Å²) < 4.78 is 5.41. The molecule has 4 heteroatoms. The number of benzene rings is 2. The Labute approximate surface area is 137 Å². The van der Waals surface area contributed by atoms with Crippen LogP contribution in [-0.4, -0.2) is 24.8 Å². The van der Waals surface area contributed by atoms with E-state index in [1.165, 1.54) is 0 Å². The molecule has 0 aromatic heterocycles. The number of hydrogen-bond donors (Lipinski definition) is 1. The summed E-state index contributed by atoms with van der Waals surface area (Å²) in [5, 5.41) is 3.20. The zero-order valence-corrected chi connectivity index (χ0v) is 13.4. The summed E-state index contributed by atoms with van der Waals surface area (Å²) in [5.41, 5.74) is 1.48. The zero-order valence-electron chi connectivity index (χ0n) is 13.4. The van der Waals surface area contributed by atoms with E-state index in [9.17, 15) is 4.79 Å². The first-order chi connectivity index (χ1) is 11.2. The lowest BCUT2D eigenvalue weighted by Gasteiger charge is -2.36. The predicted octanol–water partition coefficient (Wildman–Crippen LogP) is 4.10. The molecule has 120 valence electrons. The molecule has 1 aliphatic heterocycles. The molecule has 2 amide bonds. The first-order valence-electron chi connectivity index (χ1n) is 7.98. The number of hydrogen-bond acceptors (Lipinski definition) is 2. The Morgan fingerprint density at radius 2 is 1.43 bits per heavy atom. The molecule has 4 nitrogen and oxygen atoms in total. The Balaban J connectivity index is 1.88. The van der Waals surface area contributed by atoms with Gasteiger partial charge in [-0.1, -0.05) is 36.4 Å². The van der Waals surface area contributed by atoms with Gasteiger partial charge in [0.2, 0.25) is 0 Å². The molecule has 1 N–H and O–H groups in total. The van der Waals surface area contributed by atoms with Gasteiger partial charge in [-0.15, -0.1) is 0 Å². The molecule has 3 rings (SSSR count). The second-order valence-corrected chi connectivity index (χ2v) is 6.11. The average molecular weight is 310 g/mol. The van der Waals surface area contributed by atoms with Crippen LogP contribution in [0.25, 0.3) is 0 Å². The summed E-state index contributed by atoms with van der Waals surface area (Å²) in [6.45, 7) is 3.46. The van der Waals surface area contributed by atoms with E-state index in [4.69, 9.17) is 4.74 Å². The third-order valence-electron chi connectivity index (χ3n) is 4.24. The van der Waals surface area contributed by atoms with Gasteiger partial charge in [0.15, 0.2) is 0 Å². The number of ether oxygens (including phenoxy) is 1. The van der Waals surface area contributed by atoms with Crippen molar-refractivity contribution >= 4 is 17.4 Å². The number of carbonyl (C=O) groups is 1. The smallest absolute Gasteiger partial charge is 0.326 e. The van der Waals surface area contributed by atoms with Crippen molar-refractivity contribution in [2.75, 3.05) is 18.1 Å². The standard InChI is InChI=1S/C19H22N2O2/c1-19(12-14-23-15-13-19)20-18(22)21(16-8-4-2-5-9-16)17-10-6-3-7-11-17/h2-11H,12-15H2,1H3,(H,20,22). The molecule has 1 saturated heterocycles. The molecule has 2 aromatic rings. The molecule has 23 heavy (non-hydrogen) atoms. The van der Waals surface area contributed by atoms with Gasteiger partial charge in [-0.2, -0.15) is 0 Å². The third-order valence-corrected chi connectivity index (χ3v) is 4.24. The molecule has 2 aromatic carbocycles. The van der Waals surface area contributed by atoms with Gasteiger partial charge in [0, 0.05) is 18.8 Å². The van der Waals surface area contributed by atoms with Gasteiger partial charge >= 0.3 is 6.03 Å². The number of urea groups is 1. The Kier molecular flexibility index (Phi) is 4.63. The van der Waals surface area contributed by atoms with E-state index in [-0.39, 0.29) is 11.6 Å². The van der Waals surface area contributed by atoms with E-state index < -0.39 is 0 Å². The lowest BCUT2D eigenvalue weighted by Crippen LogP contribution is -2.53. The van der Waals surface area contributed by atoms with Crippen LogP contribution in [0.5, 0.6) is 0 Å². The van der Waals surface area contributed by atoms with E-state index in [1.54, 1.807) is 4.90 Å². The first kappa shape index (κ1) is 15.6. The summed E-state index contributed by atoms with van der Waals surface area (Å²) in [5.74, 6) is 0. The van der Waals surface area contributed by atoms with E-state index in [0.717, 1.165) is 24.2 Å². The maximum Gasteiger partial charge on any atom is 0.326 e. The van der Waals surface area contributed by atoms with Crippen molar-refractivity contribution in [1.29, 1.82) is 0 Å². The summed E-state index contributed by atoms with van der Waals surface area (Å²) >= 11 is 0. The summed E-state index contributed by atoms with van der Waals surface area (Å²) in [4.78, 5) is 14.7. The first-order valence-corrected chi connectivity index (χ1v) is 7.98. The minimum Gasteiger partial charge on any atom is -0.381 e. The number of nitrogens with zero attached hydrogens (tertiary/aromatic N) is 1. The minimum absolute atomic E-state index is 0.105. The fraction of sp³-hybridized carbons (Fsp3) is 0.316. The highest BCUT2D eigenvalue weighted by Gasteiger charge is 2.31. The highest BCUT2D eigenvalue weighted by Crippen LogP contribution is 2.27. The molecule has 0 spiro atoms. The SMILES string of the molecule is CC1(NC(=O)N(c2ccccc2)c2ccccc2)CCOCC1. The van der Waals surface area contributed by atoms with Gasteiger partial charge in [0.25, 0.3) is 0 Å². The van der Waals surface area contributed by atoms with Gasteiger partial charge < -0.3 is 10.1 Å². The quantitative estimate of drug-likeness (QED) is 0.927. The van der Waals surface area contributed by atoms with Crippen molar-refractivity contribution in [3.63, 3.8) is 0 Å². The number of para-hydroxylation sites is 2. The molecule has 0 saturated carbocycles. The molecule has 0 bridgehead atoms. The van der Waals surface area contributed by atoms with Crippen LogP contribution in [0.15, 0.2) is 60.7 Å². The normalized spacial score (nSPS) is 16.6. The minimum atomic E-state index is -0.225. The fourth-order valence-corrected chi connectivity index (χ4v) is 2.80. The van der Waals surface area contributed by atoms with Gasteiger partial charge in [-0.05, 0) is 44.0 Å². The highest BCUT2D eigenvalue weighted by atomic mass is 16.5. The molecule has 1 heterocycles. The molecule has 0 atom stereocenters. The average Bonchev–Trinajstić information content (AvgIpc) is 2.57. The largest absolute Gasteiger partial charge is 0.381 e. The topological polar surface area (TPSA) is 41.6 Å². The van der Waals surface area contributed by atoms with E-state index in [1.807, 2.05) is 60.7 Å². The van der Waals surface area contributed by atoms with Crippen LogP contribution < -0.4 is 10.2 Å². The molecule has 0 aliphatic carbocycles. The van der Waals surface area contributed by atoms with Gasteiger partial charge in [0.1, 0.15) is 0 Å². The monoisotopic (exact) mass is 310 g/mol. The Bertz CT molecular complexity index is 597. The van der Waals surface area contributed by atoms with Crippen molar-refractivity contribution in [2.24, 2.45) is 0 Å². The molecule has 1 fully saturated rings. The molecule has 0 radical (unpaired) electrons. The number of carbonyl (C=O) groups excluding carboxylic acids is 1. The second kappa shape index (κ2) is 6.84. The van der Waals surface area contributed by atoms with Crippen molar-refractivity contribution in [3.05, 3.63) is 60.7 Å². The molecular formula is C19H22N2O2. The Morgan fingerprint density at radius 1 is 0.957 bits per heavy atom. The summed E-state index contributed by atoms with van der Waals surface area (Å²) in [7, 11) is 0. The van der Waals surface area contributed by atoms with E-state index in [2.05, 4.69) is 12.2 Å². The molecule has 1 aliphatic rings. The van der Waals surface area contributed by atoms with Crippen molar-refractivity contribution in [1.82, 2.24) is 5.32 Å². The van der Waals surface area contributed by atoms with Crippen molar-refractivity contribution < 1.29 is 9.53 Å². The molecule has 0 unspecified atom stereocenters. The van der Waals surface area contributed by atoms with Gasteiger partial charge in [0.05, 0.1) is 11.4 Å². The zero-order chi connectivity index (χ0) is 16.1. The number of nitrogens with one attached hydrogen (secondary N) is 1. The maximum atomic E-state index is 13.0. The third kappa shape index (κ3) is 3.71. The number of anilines is 2. The van der Waals surface area contributed by atoms with Crippen molar-refractivity contribution in [2.45, 2.75) is 25.3 Å². The molecular weight excluding hydrogens is 288 g/mol. The Morgan fingerprint density at radius 3 is 1.91 bits per heavy atom. The lowest BCUT2D eigenvalue weighted by molar-refractivity contribution is 0.0497. The fourth-order valence-electron chi connectivity index (χ4n) is 2.80. The van der Waals surface area contributed by atoms with Gasteiger partial charge in [-0.25, -0.2) is 4.79 Å². The lowest BCUT2D eigenvalue weighted by atomic mass is 9.93. The van der Waals surface area contributed by atoms with Crippen LogP contribution in [0.1, 0.15) is 19.8 Å². The van der Waals surface area contributed by atoms with Crippen LogP contribution in [0.2, 0.25) is 0 Å². The van der Waals surface area contributed by atoms with Crippen LogP contribution in [0.3, 0.4) is 0 Å². The predicted molar refractivity (Wildman–Crippen MR) is 92.0 cm³/mol. The number of amides is 2. The number of rotatable bonds is 3. The van der Waals surface area contributed by atoms with Crippen LogP contribution >= 0.6 is 0 Å². The maximum absolute atomic E-state index is 13.0. The second-order valence-electron chi connectivity index (χ2n) is 6.11. The van der Waals surface area contributed by atoms with Gasteiger partial charge in [-0.3, -0.25) is 4.90 Å². The van der Waals surface area contributed by atoms with E-state index >= 15 is 0 Å². The Hall–Kier alpha value is -2.33.